The van der Waals surface area contributed by atoms with Crippen LogP contribution in [0, 0.1) is 0 Å². The van der Waals surface area contributed by atoms with Gasteiger partial charge in [0.05, 0.1) is 28.8 Å². The number of methoxy groups -OCH3 is 1. The number of aromatic carboxylic acids is 1. The number of carbonyl (C=O) groups is 2. The Morgan fingerprint density at radius 3 is 2.68 bits per heavy atom. The lowest BCUT2D eigenvalue weighted by Gasteiger charge is -2.13. The van der Waals surface area contributed by atoms with Crippen LogP contribution in [0.3, 0.4) is 0 Å². The predicted octanol–water partition coefficient (Wildman–Crippen LogP) is 1.34. The number of ether oxygens (including phenoxy) is 1. The maximum Gasteiger partial charge on any atom is 0.335 e. The zero-order valence-electron chi connectivity index (χ0n) is 10.4. The number of halogens is 1. The van der Waals surface area contributed by atoms with E-state index in [9.17, 15) is 9.59 Å². The summed E-state index contributed by atoms with van der Waals surface area (Å²) in [6.07, 6.45) is -0.263. The molecule has 0 aromatic heterocycles. The summed E-state index contributed by atoms with van der Waals surface area (Å²) in [4.78, 5) is 22.4. The van der Waals surface area contributed by atoms with Crippen molar-refractivity contribution in [2.45, 2.75) is 12.5 Å². The number of hydrogen-bond donors (Lipinski definition) is 3. The van der Waals surface area contributed by atoms with Gasteiger partial charge in [0.1, 0.15) is 0 Å². The molecule has 4 N–H and O–H groups in total. The van der Waals surface area contributed by atoms with E-state index in [-0.39, 0.29) is 35.6 Å². The number of rotatable bonds is 6. The molecule has 1 aromatic rings. The third-order valence-electron chi connectivity index (χ3n) is 2.50. The number of amides is 1. The number of nitrogens with one attached hydrogen (secondary N) is 1. The predicted molar refractivity (Wildman–Crippen MR) is 71.5 cm³/mol. The van der Waals surface area contributed by atoms with Gasteiger partial charge < -0.3 is 20.9 Å². The molecule has 0 fully saturated rings. The lowest BCUT2D eigenvalue weighted by Crippen LogP contribution is -2.28. The largest absolute Gasteiger partial charge is 0.478 e. The Morgan fingerprint density at radius 1 is 1.53 bits per heavy atom. The summed E-state index contributed by atoms with van der Waals surface area (Å²) < 4.78 is 4.99. The van der Waals surface area contributed by atoms with Crippen molar-refractivity contribution in [1.29, 1.82) is 0 Å². The molecule has 0 heterocycles. The Bertz CT molecular complexity index is 475. The minimum Gasteiger partial charge on any atom is -0.478 e. The van der Waals surface area contributed by atoms with Crippen LogP contribution in [0.15, 0.2) is 18.2 Å². The lowest BCUT2D eigenvalue weighted by molar-refractivity contribution is -0.118. The van der Waals surface area contributed by atoms with E-state index >= 15 is 0 Å². The van der Waals surface area contributed by atoms with Gasteiger partial charge in [0, 0.05) is 13.7 Å². The van der Waals surface area contributed by atoms with Crippen LogP contribution in [0.4, 0.5) is 5.69 Å². The highest BCUT2D eigenvalue weighted by atomic mass is 35.5. The van der Waals surface area contributed by atoms with Gasteiger partial charge in [-0.05, 0) is 18.2 Å². The van der Waals surface area contributed by atoms with Gasteiger partial charge in [0.15, 0.2) is 0 Å². The van der Waals surface area contributed by atoms with Crippen LogP contribution in [0.2, 0.25) is 5.02 Å². The minimum absolute atomic E-state index is 0.0553. The third kappa shape index (κ3) is 4.51. The fourth-order valence-corrected chi connectivity index (χ4v) is 1.65. The second-order valence-corrected chi connectivity index (χ2v) is 4.25. The van der Waals surface area contributed by atoms with E-state index in [1.54, 1.807) is 0 Å². The highest BCUT2D eigenvalue weighted by Crippen LogP contribution is 2.23. The monoisotopic (exact) mass is 286 g/mol. The molecule has 1 amide bonds. The second-order valence-electron chi connectivity index (χ2n) is 3.85. The smallest absolute Gasteiger partial charge is 0.335 e. The summed E-state index contributed by atoms with van der Waals surface area (Å²) in [5, 5.41) is 11.5. The van der Waals surface area contributed by atoms with Crippen LogP contribution in [0.5, 0.6) is 0 Å². The van der Waals surface area contributed by atoms with E-state index in [1.807, 2.05) is 0 Å². The molecule has 0 aliphatic carbocycles. The Balaban J connectivity index is 2.72. The van der Waals surface area contributed by atoms with Gasteiger partial charge in [-0.15, -0.1) is 0 Å². The summed E-state index contributed by atoms with van der Waals surface area (Å²) in [5.74, 6) is -1.38. The minimum atomic E-state index is -1.08. The van der Waals surface area contributed by atoms with Crippen LogP contribution in [0.1, 0.15) is 16.8 Å². The van der Waals surface area contributed by atoms with Gasteiger partial charge >= 0.3 is 5.97 Å². The van der Waals surface area contributed by atoms with Crippen molar-refractivity contribution in [3.8, 4) is 0 Å². The molecular formula is C12H15ClN2O4. The summed E-state index contributed by atoms with van der Waals surface area (Å²) in [5.41, 5.74) is 5.82. The van der Waals surface area contributed by atoms with E-state index in [0.717, 1.165) is 0 Å². The molecular weight excluding hydrogens is 272 g/mol. The van der Waals surface area contributed by atoms with Crippen LogP contribution < -0.4 is 11.1 Å². The molecule has 1 aromatic carbocycles. The standard InChI is InChI=1S/C12H15ClN2O4/c1-19-8(6-14)5-11(16)15-10-3-2-7(12(17)18)4-9(10)13/h2-4,8H,5-6,14H2,1H3,(H,15,16)(H,17,18). The number of anilines is 1. The highest BCUT2D eigenvalue weighted by molar-refractivity contribution is 6.34. The fraction of sp³-hybridized carbons (Fsp3) is 0.333. The van der Waals surface area contributed by atoms with Crippen LogP contribution in [0.25, 0.3) is 0 Å². The fourth-order valence-electron chi connectivity index (χ4n) is 1.42. The number of hydrogen-bond acceptors (Lipinski definition) is 4. The molecule has 0 radical (unpaired) electrons. The first-order valence-corrected chi connectivity index (χ1v) is 5.91. The van der Waals surface area contributed by atoms with Crippen molar-refractivity contribution < 1.29 is 19.4 Å². The van der Waals surface area contributed by atoms with Crippen molar-refractivity contribution in [3.63, 3.8) is 0 Å². The zero-order chi connectivity index (χ0) is 14.4. The van der Waals surface area contributed by atoms with Gasteiger partial charge in [-0.25, -0.2) is 4.79 Å². The van der Waals surface area contributed by atoms with Crippen LogP contribution in [-0.4, -0.2) is 36.7 Å². The average Bonchev–Trinajstić information content (AvgIpc) is 2.38. The molecule has 1 unspecified atom stereocenters. The maximum absolute atomic E-state index is 11.7. The van der Waals surface area contributed by atoms with Crippen molar-refractivity contribution >= 4 is 29.2 Å². The van der Waals surface area contributed by atoms with Gasteiger partial charge in [-0.3, -0.25) is 4.79 Å². The Kier molecular flexibility index (Phi) is 5.75. The van der Waals surface area contributed by atoms with Crippen LogP contribution in [-0.2, 0) is 9.53 Å². The molecule has 19 heavy (non-hydrogen) atoms. The van der Waals surface area contributed by atoms with Crippen LogP contribution >= 0.6 is 11.6 Å². The molecule has 0 aliphatic heterocycles. The van der Waals surface area contributed by atoms with Crippen molar-refractivity contribution in [2.75, 3.05) is 19.0 Å². The van der Waals surface area contributed by atoms with Gasteiger partial charge in [-0.1, -0.05) is 11.6 Å². The second kappa shape index (κ2) is 7.08. The van der Waals surface area contributed by atoms with Gasteiger partial charge in [-0.2, -0.15) is 0 Å². The first-order chi connectivity index (χ1) is 8.97. The van der Waals surface area contributed by atoms with Gasteiger partial charge in [0.2, 0.25) is 5.91 Å². The molecule has 0 saturated carbocycles. The summed E-state index contributed by atoms with van der Waals surface area (Å²) in [6, 6.07) is 4.07. The topological polar surface area (TPSA) is 102 Å². The van der Waals surface area contributed by atoms with Crippen molar-refractivity contribution in [1.82, 2.24) is 0 Å². The van der Waals surface area contributed by atoms with E-state index in [4.69, 9.17) is 27.2 Å². The average molecular weight is 287 g/mol. The number of carbonyl (C=O) groups excluding carboxylic acids is 1. The first-order valence-electron chi connectivity index (χ1n) is 5.53. The molecule has 0 aliphatic rings. The van der Waals surface area contributed by atoms with E-state index in [0.29, 0.717) is 5.69 Å². The number of carboxylic acid groups (broad SMARTS) is 1. The molecule has 0 bridgehead atoms. The highest BCUT2D eigenvalue weighted by Gasteiger charge is 2.13. The lowest BCUT2D eigenvalue weighted by atomic mass is 10.2. The Hall–Kier alpha value is -1.63. The maximum atomic E-state index is 11.7. The molecule has 6 nitrogen and oxygen atoms in total. The molecule has 0 saturated heterocycles. The Labute approximate surface area is 115 Å². The molecule has 7 heteroatoms. The van der Waals surface area contributed by atoms with Crippen molar-refractivity contribution in [3.05, 3.63) is 28.8 Å². The Morgan fingerprint density at radius 2 is 2.21 bits per heavy atom. The molecule has 0 spiro atoms. The molecule has 1 rings (SSSR count). The first kappa shape index (κ1) is 15.4. The van der Waals surface area contributed by atoms with E-state index < -0.39 is 5.97 Å². The summed E-state index contributed by atoms with van der Waals surface area (Å²) in [7, 11) is 1.47. The number of nitrogens with two attached hydrogens (primary N) is 1. The third-order valence-corrected chi connectivity index (χ3v) is 2.81. The van der Waals surface area contributed by atoms with Gasteiger partial charge in [0.25, 0.3) is 0 Å². The quantitative estimate of drug-likeness (QED) is 0.732. The van der Waals surface area contributed by atoms with E-state index in [1.165, 1.54) is 25.3 Å². The SMILES string of the molecule is COC(CN)CC(=O)Nc1ccc(C(=O)O)cc1Cl. The zero-order valence-corrected chi connectivity index (χ0v) is 11.1. The number of carboxylic acids is 1. The normalized spacial score (nSPS) is 11.9. The number of benzene rings is 1. The molecule has 1 atom stereocenters. The molecule has 104 valence electrons. The van der Waals surface area contributed by atoms with Crippen molar-refractivity contribution in [2.24, 2.45) is 5.73 Å². The van der Waals surface area contributed by atoms with E-state index in [2.05, 4.69) is 5.32 Å². The summed E-state index contributed by atoms with van der Waals surface area (Å²) >= 11 is 5.89. The summed E-state index contributed by atoms with van der Waals surface area (Å²) in [6.45, 7) is 0.232.